The molecule has 0 spiro atoms. The Kier molecular flexibility index (Phi) is 3.28. The Bertz CT molecular complexity index is 560. The van der Waals surface area contributed by atoms with E-state index in [1.165, 1.54) is 6.07 Å². The average Bonchev–Trinajstić information content (AvgIpc) is 2.32. The van der Waals surface area contributed by atoms with Gasteiger partial charge < -0.3 is 10.5 Å². The maximum atomic E-state index is 13.5. The quantitative estimate of drug-likeness (QED) is 0.847. The van der Waals surface area contributed by atoms with Gasteiger partial charge in [0.1, 0.15) is 5.75 Å². The number of ether oxygens (including phenoxy) is 1. The van der Waals surface area contributed by atoms with E-state index in [4.69, 9.17) is 10.5 Å². The van der Waals surface area contributed by atoms with Crippen molar-refractivity contribution in [1.82, 2.24) is 0 Å². The molecular weight excluding hydrogens is 292 g/mol. The van der Waals surface area contributed by atoms with Crippen LogP contribution in [0.25, 0.3) is 0 Å². The van der Waals surface area contributed by atoms with Gasteiger partial charge in [0.2, 0.25) is 5.82 Å². The van der Waals surface area contributed by atoms with Gasteiger partial charge in [0.25, 0.3) is 0 Å². The van der Waals surface area contributed by atoms with E-state index in [2.05, 4.69) is 15.9 Å². The molecule has 0 heterocycles. The van der Waals surface area contributed by atoms with Crippen molar-refractivity contribution < 1.29 is 13.5 Å². The molecule has 17 heavy (non-hydrogen) atoms. The van der Waals surface area contributed by atoms with Gasteiger partial charge >= 0.3 is 0 Å². The van der Waals surface area contributed by atoms with Crippen LogP contribution in [0.3, 0.4) is 0 Å². The van der Waals surface area contributed by atoms with Crippen molar-refractivity contribution in [1.29, 1.82) is 0 Å². The van der Waals surface area contributed by atoms with E-state index in [1.54, 1.807) is 24.3 Å². The highest BCUT2D eigenvalue weighted by molar-refractivity contribution is 9.10. The number of para-hydroxylation sites is 1. The van der Waals surface area contributed by atoms with Gasteiger partial charge in [0.15, 0.2) is 11.6 Å². The maximum Gasteiger partial charge on any atom is 0.203 e. The van der Waals surface area contributed by atoms with Gasteiger partial charge in [-0.2, -0.15) is 4.39 Å². The Morgan fingerprint density at radius 1 is 1.06 bits per heavy atom. The number of rotatable bonds is 2. The predicted molar refractivity (Wildman–Crippen MR) is 65.0 cm³/mol. The summed E-state index contributed by atoms with van der Waals surface area (Å²) < 4.78 is 32.4. The Hall–Kier alpha value is -1.62. The van der Waals surface area contributed by atoms with E-state index in [-0.39, 0.29) is 11.4 Å². The zero-order chi connectivity index (χ0) is 12.4. The summed E-state index contributed by atoms with van der Waals surface area (Å²) in [4.78, 5) is 0. The lowest BCUT2D eigenvalue weighted by Gasteiger charge is -2.10. The summed E-state index contributed by atoms with van der Waals surface area (Å²) in [7, 11) is 0. The fourth-order valence-electron chi connectivity index (χ4n) is 1.29. The molecule has 0 aromatic heterocycles. The fraction of sp³-hybridized carbons (Fsp3) is 0. The highest BCUT2D eigenvalue weighted by Crippen LogP contribution is 2.35. The number of anilines is 1. The van der Waals surface area contributed by atoms with E-state index in [1.807, 2.05) is 0 Å². The largest absolute Gasteiger partial charge is 0.451 e. The van der Waals surface area contributed by atoms with Crippen LogP contribution in [-0.2, 0) is 0 Å². The molecule has 2 aromatic rings. The van der Waals surface area contributed by atoms with E-state index in [9.17, 15) is 8.78 Å². The number of nitrogen functional groups attached to an aromatic ring is 1. The normalized spacial score (nSPS) is 10.3. The molecule has 5 heteroatoms. The summed E-state index contributed by atoms with van der Waals surface area (Å²) in [5.74, 6) is -2.04. The second-order valence-corrected chi connectivity index (χ2v) is 4.17. The summed E-state index contributed by atoms with van der Waals surface area (Å²) in [5, 5.41) is 0. The monoisotopic (exact) mass is 299 g/mol. The van der Waals surface area contributed by atoms with Crippen LogP contribution in [0.1, 0.15) is 0 Å². The summed E-state index contributed by atoms with van der Waals surface area (Å²) in [6.45, 7) is 0. The molecule has 0 atom stereocenters. The molecule has 2 rings (SSSR count). The van der Waals surface area contributed by atoms with E-state index in [0.29, 0.717) is 10.2 Å². The molecule has 0 aliphatic carbocycles. The Labute approximate surface area is 105 Å². The second kappa shape index (κ2) is 4.71. The molecule has 88 valence electrons. The molecule has 0 aliphatic rings. The van der Waals surface area contributed by atoms with Crippen molar-refractivity contribution >= 4 is 21.6 Å². The van der Waals surface area contributed by atoms with Crippen molar-refractivity contribution in [2.45, 2.75) is 0 Å². The topological polar surface area (TPSA) is 35.2 Å². The molecule has 0 unspecified atom stereocenters. The third kappa shape index (κ3) is 2.39. The zero-order valence-electron chi connectivity index (χ0n) is 8.58. The summed E-state index contributed by atoms with van der Waals surface area (Å²) >= 11 is 3.24. The predicted octanol–water partition coefficient (Wildman–Crippen LogP) is 4.10. The number of benzene rings is 2. The molecular formula is C12H8BrF2NO. The van der Waals surface area contributed by atoms with E-state index < -0.39 is 11.6 Å². The summed E-state index contributed by atoms with van der Waals surface area (Å²) in [6.07, 6.45) is 0. The lowest BCUT2D eigenvalue weighted by molar-refractivity contribution is 0.417. The minimum absolute atomic E-state index is 0.0413. The number of hydrogen-bond donors (Lipinski definition) is 1. The zero-order valence-corrected chi connectivity index (χ0v) is 10.2. The minimum Gasteiger partial charge on any atom is -0.451 e. The first-order chi connectivity index (χ1) is 8.09. The Morgan fingerprint density at radius 2 is 1.76 bits per heavy atom. The van der Waals surface area contributed by atoms with Gasteiger partial charge in [-0.25, -0.2) is 4.39 Å². The number of nitrogens with two attached hydrogens (primary N) is 1. The first-order valence-electron chi connectivity index (χ1n) is 4.75. The summed E-state index contributed by atoms with van der Waals surface area (Å²) in [5.41, 5.74) is 5.58. The standard InChI is InChI=1S/C12H8BrF2NO/c13-7-3-1-2-4-10(7)17-12-9(16)6-5-8(14)11(12)15/h1-6H,16H2. The highest BCUT2D eigenvalue weighted by Gasteiger charge is 2.15. The van der Waals surface area contributed by atoms with Gasteiger partial charge in [-0.15, -0.1) is 0 Å². The van der Waals surface area contributed by atoms with Gasteiger partial charge in [0.05, 0.1) is 10.2 Å². The lowest BCUT2D eigenvalue weighted by atomic mass is 10.2. The molecule has 0 amide bonds. The van der Waals surface area contributed by atoms with Crippen molar-refractivity contribution in [2.24, 2.45) is 0 Å². The van der Waals surface area contributed by atoms with Gasteiger partial charge in [0, 0.05) is 0 Å². The van der Waals surface area contributed by atoms with Crippen LogP contribution in [0.4, 0.5) is 14.5 Å². The summed E-state index contributed by atoms with van der Waals surface area (Å²) in [6, 6.07) is 9.05. The minimum atomic E-state index is -1.10. The second-order valence-electron chi connectivity index (χ2n) is 3.31. The Morgan fingerprint density at radius 3 is 2.47 bits per heavy atom. The maximum absolute atomic E-state index is 13.5. The van der Waals surface area contributed by atoms with Gasteiger partial charge in [-0.3, -0.25) is 0 Å². The fourth-order valence-corrected chi connectivity index (χ4v) is 1.65. The van der Waals surface area contributed by atoms with Crippen molar-refractivity contribution in [3.8, 4) is 11.5 Å². The van der Waals surface area contributed by atoms with E-state index >= 15 is 0 Å². The van der Waals surface area contributed by atoms with Gasteiger partial charge in [-0.1, -0.05) is 12.1 Å². The average molecular weight is 300 g/mol. The Balaban J connectivity index is 2.43. The molecule has 2 aromatic carbocycles. The molecule has 2 N–H and O–H groups in total. The third-order valence-corrected chi connectivity index (χ3v) is 2.78. The molecule has 0 saturated carbocycles. The molecule has 0 bridgehead atoms. The van der Waals surface area contributed by atoms with Gasteiger partial charge in [-0.05, 0) is 40.2 Å². The number of halogens is 3. The molecule has 0 fully saturated rings. The lowest BCUT2D eigenvalue weighted by Crippen LogP contribution is -1.98. The van der Waals surface area contributed by atoms with Crippen LogP contribution in [0.5, 0.6) is 11.5 Å². The number of hydrogen-bond acceptors (Lipinski definition) is 2. The van der Waals surface area contributed by atoms with Crippen LogP contribution in [0.15, 0.2) is 40.9 Å². The SMILES string of the molecule is Nc1ccc(F)c(F)c1Oc1ccccc1Br. The van der Waals surface area contributed by atoms with Crippen molar-refractivity contribution in [2.75, 3.05) is 5.73 Å². The molecule has 0 aliphatic heterocycles. The molecule has 2 nitrogen and oxygen atoms in total. The van der Waals surface area contributed by atoms with Crippen molar-refractivity contribution in [3.05, 3.63) is 52.5 Å². The first-order valence-corrected chi connectivity index (χ1v) is 5.54. The first kappa shape index (κ1) is 11.9. The van der Waals surface area contributed by atoms with Crippen LogP contribution in [-0.4, -0.2) is 0 Å². The molecule has 0 saturated heterocycles. The van der Waals surface area contributed by atoms with Crippen LogP contribution in [0.2, 0.25) is 0 Å². The van der Waals surface area contributed by atoms with Crippen LogP contribution >= 0.6 is 15.9 Å². The third-order valence-electron chi connectivity index (χ3n) is 2.13. The highest BCUT2D eigenvalue weighted by atomic mass is 79.9. The molecule has 0 radical (unpaired) electrons. The van der Waals surface area contributed by atoms with Crippen molar-refractivity contribution in [3.63, 3.8) is 0 Å². The van der Waals surface area contributed by atoms with E-state index in [0.717, 1.165) is 6.07 Å². The van der Waals surface area contributed by atoms with Crippen LogP contribution < -0.4 is 10.5 Å². The smallest absolute Gasteiger partial charge is 0.203 e. The van der Waals surface area contributed by atoms with Crippen LogP contribution in [0, 0.1) is 11.6 Å².